The van der Waals surface area contributed by atoms with Crippen LogP contribution in [-0.2, 0) is 9.47 Å². The zero-order valence-corrected chi connectivity index (χ0v) is 10.4. The van der Waals surface area contributed by atoms with Crippen molar-refractivity contribution in [3.05, 3.63) is 0 Å². The Kier molecular flexibility index (Phi) is 4.58. The number of methoxy groups -OCH3 is 2. The van der Waals surface area contributed by atoms with Crippen molar-refractivity contribution in [1.82, 2.24) is 10.2 Å². The van der Waals surface area contributed by atoms with Crippen molar-refractivity contribution in [1.29, 1.82) is 0 Å². The van der Waals surface area contributed by atoms with Crippen LogP contribution in [0.3, 0.4) is 0 Å². The van der Waals surface area contributed by atoms with Gasteiger partial charge in [-0.3, -0.25) is 4.90 Å². The molecule has 0 bridgehead atoms. The highest BCUT2D eigenvalue weighted by molar-refractivity contribution is 4.86. The Morgan fingerprint density at radius 3 is 2.38 bits per heavy atom. The number of ether oxygens (including phenoxy) is 2. The lowest BCUT2D eigenvalue weighted by molar-refractivity contribution is -0.00461. The molecule has 2 saturated heterocycles. The van der Waals surface area contributed by atoms with E-state index < -0.39 is 0 Å². The third-order valence-corrected chi connectivity index (χ3v) is 3.85. The van der Waals surface area contributed by atoms with Gasteiger partial charge in [0.1, 0.15) is 0 Å². The quantitative estimate of drug-likeness (QED) is 0.742. The highest BCUT2D eigenvalue weighted by Gasteiger charge is 2.32. The van der Waals surface area contributed by atoms with E-state index in [0.717, 1.165) is 25.7 Å². The van der Waals surface area contributed by atoms with E-state index >= 15 is 0 Å². The Hall–Kier alpha value is -0.160. The fourth-order valence-electron chi connectivity index (χ4n) is 2.80. The van der Waals surface area contributed by atoms with E-state index in [1.165, 1.54) is 25.8 Å². The summed E-state index contributed by atoms with van der Waals surface area (Å²) in [5.41, 5.74) is 0. The molecule has 4 nitrogen and oxygen atoms in total. The molecule has 2 fully saturated rings. The van der Waals surface area contributed by atoms with Gasteiger partial charge < -0.3 is 14.8 Å². The van der Waals surface area contributed by atoms with Gasteiger partial charge in [0.15, 0.2) is 0 Å². The Morgan fingerprint density at radius 1 is 1.19 bits per heavy atom. The molecule has 4 heteroatoms. The van der Waals surface area contributed by atoms with E-state index in [2.05, 4.69) is 10.2 Å². The van der Waals surface area contributed by atoms with E-state index in [4.69, 9.17) is 9.47 Å². The number of hydrogen-bond acceptors (Lipinski definition) is 4. The molecule has 1 N–H and O–H groups in total. The number of likely N-dealkylation sites (tertiary alicyclic amines) is 1. The zero-order valence-electron chi connectivity index (χ0n) is 10.4. The van der Waals surface area contributed by atoms with Crippen molar-refractivity contribution >= 4 is 0 Å². The van der Waals surface area contributed by atoms with Crippen molar-refractivity contribution < 1.29 is 9.47 Å². The molecule has 3 atom stereocenters. The van der Waals surface area contributed by atoms with Crippen LogP contribution in [0.5, 0.6) is 0 Å². The first-order valence-corrected chi connectivity index (χ1v) is 6.35. The van der Waals surface area contributed by atoms with Gasteiger partial charge in [-0.15, -0.1) is 0 Å². The molecule has 2 heterocycles. The first kappa shape index (κ1) is 12.3. The summed E-state index contributed by atoms with van der Waals surface area (Å²) in [5, 5.41) is 3.54. The Balaban J connectivity index is 1.70. The first-order chi connectivity index (χ1) is 7.83. The summed E-state index contributed by atoms with van der Waals surface area (Å²) >= 11 is 0. The van der Waals surface area contributed by atoms with Crippen molar-refractivity contribution in [2.45, 2.75) is 37.5 Å². The van der Waals surface area contributed by atoms with Crippen molar-refractivity contribution in [3.63, 3.8) is 0 Å². The lowest BCUT2D eigenvalue weighted by Gasteiger charge is -2.17. The van der Waals surface area contributed by atoms with Crippen molar-refractivity contribution in [2.24, 2.45) is 0 Å². The van der Waals surface area contributed by atoms with Crippen LogP contribution in [0, 0.1) is 0 Å². The predicted molar refractivity (Wildman–Crippen MR) is 63.7 cm³/mol. The van der Waals surface area contributed by atoms with Crippen LogP contribution in [0.4, 0.5) is 0 Å². The minimum atomic E-state index is 0.251. The maximum absolute atomic E-state index is 5.43. The molecule has 16 heavy (non-hydrogen) atoms. The van der Waals surface area contributed by atoms with Gasteiger partial charge in [0, 0.05) is 33.4 Å². The molecule has 3 unspecified atom stereocenters. The summed E-state index contributed by atoms with van der Waals surface area (Å²) < 4.78 is 10.9. The van der Waals surface area contributed by atoms with Crippen LogP contribution in [0.2, 0.25) is 0 Å². The monoisotopic (exact) mass is 228 g/mol. The minimum absolute atomic E-state index is 0.251. The van der Waals surface area contributed by atoms with E-state index in [9.17, 15) is 0 Å². The average Bonchev–Trinajstić information content (AvgIpc) is 2.95. The number of hydrogen-bond donors (Lipinski definition) is 1. The minimum Gasteiger partial charge on any atom is -0.377 e. The third-order valence-electron chi connectivity index (χ3n) is 3.85. The van der Waals surface area contributed by atoms with Crippen LogP contribution in [-0.4, -0.2) is 63.5 Å². The third kappa shape index (κ3) is 2.94. The molecule has 0 radical (unpaired) electrons. The summed E-state index contributed by atoms with van der Waals surface area (Å²) in [6.45, 7) is 4.40. The molecule has 0 aromatic heterocycles. The van der Waals surface area contributed by atoms with Gasteiger partial charge in [-0.05, 0) is 32.4 Å². The van der Waals surface area contributed by atoms with Gasteiger partial charge in [0.2, 0.25) is 0 Å². The Labute approximate surface area is 98.3 Å². The SMILES string of the molecule is COC1CN(CCC2CCCN2)CC1OC. The molecule has 0 aromatic carbocycles. The highest BCUT2D eigenvalue weighted by atomic mass is 16.5. The van der Waals surface area contributed by atoms with Gasteiger partial charge >= 0.3 is 0 Å². The van der Waals surface area contributed by atoms with E-state index in [-0.39, 0.29) is 12.2 Å². The van der Waals surface area contributed by atoms with Gasteiger partial charge in [0.25, 0.3) is 0 Å². The van der Waals surface area contributed by atoms with Crippen LogP contribution >= 0.6 is 0 Å². The topological polar surface area (TPSA) is 33.7 Å². The van der Waals surface area contributed by atoms with Crippen LogP contribution in [0.15, 0.2) is 0 Å². The lowest BCUT2D eigenvalue weighted by Crippen LogP contribution is -2.30. The smallest absolute Gasteiger partial charge is 0.0971 e. The van der Waals surface area contributed by atoms with E-state index in [1.54, 1.807) is 14.2 Å². The Bertz CT molecular complexity index is 195. The van der Waals surface area contributed by atoms with Crippen LogP contribution in [0.25, 0.3) is 0 Å². The second-order valence-electron chi connectivity index (χ2n) is 4.89. The van der Waals surface area contributed by atoms with Gasteiger partial charge in [0.05, 0.1) is 12.2 Å². The molecule has 0 amide bonds. The molecule has 0 saturated carbocycles. The molecule has 2 rings (SSSR count). The van der Waals surface area contributed by atoms with Crippen LogP contribution < -0.4 is 5.32 Å². The second-order valence-corrected chi connectivity index (χ2v) is 4.89. The predicted octanol–water partition coefficient (Wildman–Crippen LogP) is 0.474. The molecule has 0 aromatic rings. The Morgan fingerprint density at radius 2 is 1.88 bits per heavy atom. The standard InChI is InChI=1S/C12H24N2O2/c1-15-11-8-14(9-12(11)16-2)7-5-10-4-3-6-13-10/h10-13H,3-9H2,1-2H3. The average molecular weight is 228 g/mol. The normalized spacial score (nSPS) is 36.0. The summed E-state index contributed by atoms with van der Waals surface area (Å²) in [6.07, 6.45) is 4.44. The number of nitrogens with zero attached hydrogens (tertiary/aromatic N) is 1. The summed E-state index contributed by atoms with van der Waals surface area (Å²) in [5.74, 6) is 0. The summed E-state index contributed by atoms with van der Waals surface area (Å²) in [6, 6.07) is 0.739. The fourth-order valence-corrected chi connectivity index (χ4v) is 2.80. The molecule has 0 aliphatic carbocycles. The van der Waals surface area contributed by atoms with Crippen molar-refractivity contribution in [2.75, 3.05) is 40.4 Å². The van der Waals surface area contributed by atoms with Gasteiger partial charge in [-0.1, -0.05) is 0 Å². The zero-order chi connectivity index (χ0) is 11.4. The van der Waals surface area contributed by atoms with Crippen molar-refractivity contribution in [3.8, 4) is 0 Å². The van der Waals surface area contributed by atoms with Gasteiger partial charge in [-0.25, -0.2) is 0 Å². The molecule has 2 aliphatic heterocycles. The highest BCUT2D eigenvalue weighted by Crippen LogP contribution is 2.17. The fraction of sp³-hybridized carbons (Fsp3) is 1.00. The van der Waals surface area contributed by atoms with Crippen LogP contribution in [0.1, 0.15) is 19.3 Å². The molecular formula is C12H24N2O2. The summed E-state index contributed by atoms with van der Waals surface area (Å²) in [7, 11) is 3.55. The maximum Gasteiger partial charge on any atom is 0.0971 e. The van der Waals surface area contributed by atoms with E-state index in [0.29, 0.717) is 0 Å². The molecule has 2 aliphatic rings. The maximum atomic E-state index is 5.43. The molecule has 94 valence electrons. The number of nitrogens with one attached hydrogen (secondary N) is 1. The first-order valence-electron chi connectivity index (χ1n) is 6.35. The largest absolute Gasteiger partial charge is 0.377 e. The van der Waals surface area contributed by atoms with Gasteiger partial charge in [-0.2, -0.15) is 0 Å². The lowest BCUT2D eigenvalue weighted by atomic mass is 10.1. The van der Waals surface area contributed by atoms with E-state index in [1.807, 2.05) is 0 Å². The molecular weight excluding hydrogens is 204 g/mol. The number of rotatable bonds is 5. The second kappa shape index (κ2) is 5.96. The summed E-state index contributed by atoms with van der Waals surface area (Å²) in [4.78, 5) is 2.46. The molecule has 0 spiro atoms.